The summed E-state index contributed by atoms with van der Waals surface area (Å²) in [5.41, 5.74) is 0. The third-order valence-corrected chi connectivity index (χ3v) is 5.86. The van der Waals surface area contributed by atoms with Crippen molar-refractivity contribution in [3.05, 3.63) is 0 Å². The standard InChI is InChI=1S/C14H26N2O4S/c1-21(19,20)15-8-4-5-12(11-15)14(18)16(9-10-17)13-6-2-3-7-13/h12-13,17H,2-11H2,1H3. The highest BCUT2D eigenvalue weighted by molar-refractivity contribution is 7.88. The second-order valence-electron chi connectivity index (χ2n) is 6.15. The zero-order chi connectivity index (χ0) is 15.5. The number of aliphatic hydroxyl groups is 1. The molecule has 2 fully saturated rings. The molecule has 7 heteroatoms. The van der Waals surface area contributed by atoms with E-state index in [0.29, 0.717) is 13.1 Å². The minimum atomic E-state index is -3.24. The van der Waals surface area contributed by atoms with E-state index in [4.69, 9.17) is 0 Å². The lowest BCUT2D eigenvalue weighted by atomic mass is 9.97. The average Bonchev–Trinajstić information content (AvgIpc) is 2.97. The van der Waals surface area contributed by atoms with Gasteiger partial charge in [0.15, 0.2) is 0 Å². The molecule has 1 heterocycles. The minimum Gasteiger partial charge on any atom is -0.395 e. The number of carbonyl (C=O) groups excluding carboxylic acids is 1. The molecule has 0 aromatic rings. The van der Waals surface area contributed by atoms with Crippen LogP contribution in [0.5, 0.6) is 0 Å². The minimum absolute atomic E-state index is 0.0179. The highest BCUT2D eigenvalue weighted by atomic mass is 32.2. The van der Waals surface area contributed by atoms with Gasteiger partial charge < -0.3 is 10.0 Å². The van der Waals surface area contributed by atoms with Gasteiger partial charge in [0.1, 0.15) is 0 Å². The maximum atomic E-state index is 12.7. The smallest absolute Gasteiger partial charge is 0.227 e. The number of piperidine rings is 1. The number of hydrogen-bond donors (Lipinski definition) is 1. The van der Waals surface area contributed by atoms with E-state index in [1.54, 1.807) is 4.90 Å². The normalized spacial score (nSPS) is 25.1. The number of rotatable bonds is 5. The fraction of sp³-hybridized carbons (Fsp3) is 0.929. The molecular weight excluding hydrogens is 292 g/mol. The molecule has 1 saturated heterocycles. The van der Waals surface area contributed by atoms with Crippen molar-refractivity contribution >= 4 is 15.9 Å². The van der Waals surface area contributed by atoms with Gasteiger partial charge in [0.25, 0.3) is 0 Å². The predicted octanol–water partition coefficient (Wildman–Crippen LogP) is 0.421. The summed E-state index contributed by atoms with van der Waals surface area (Å²) in [4.78, 5) is 14.5. The van der Waals surface area contributed by atoms with Crippen LogP contribution in [-0.2, 0) is 14.8 Å². The zero-order valence-electron chi connectivity index (χ0n) is 12.7. The monoisotopic (exact) mass is 318 g/mol. The van der Waals surface area contributed by atoms with Crippen molar-refractivity contribution in [1.82, 2.24) is 9.21 Å². The van der Waals surface area contributed by atoms with Gasteiger partial charge in [-0.2, -0.15) is 0 Å². The molecule has 6 nitrogen and oxygen atoms in total. The van der Waals surface area contributed by atoms with E-state index >= 15 is 0 Å². The van der Waals surface area contributed by atoms with Crippen LogP contribution in [0.2, 0.25) is 0 Å². The SMILES string of the molecule is CS(=O)(=O)N1CCCC(C(=O)N(CCO)C2CCCC2)C1. The van der Waals surface area contributed by atoms with E-state index in [0.717, 1.165) is 38.5 Å². The average molecular weight is 318 g/mol. The van der Waals surface area contributed by atoms with E-state index in [2.05, 4.69) is 0 Å². The van der Waals surface area contributed by atoms with E-state index in [9.17, 15) is 18.3 Å². The maximum Gasteiger partial charge on any atom is 0.227 e. The quantitative estimate of drug-likeness (QED) is 0.797. The number of aliphatic hydroxyl groups excluding tert-OH is 1. The molecule has 1 atom stereocenters. The summed E-state index contributed by atoms with van der Waals surface area (Å²) in [6.45, 7) is 1.11. The van der Waals surface area contributed by atoms with Crippen molar-refractivity contribution in [2.24, 2.45) is 5.92 Å². The molecule has 0 aromatic carbocycles. The summed E-state index contributed by atoms with van der Waals surface area (Å²) >= 11 is 0. The van der Waals surface area contributed by atoms with Gasteiger partial charge in [0, 0.05) is 25.7 Å². The van der Waals surface area contributed by atoms with Crippen LogP contribution in [0.1, 0.15) is 38.5 Å². The molecule has 2 aliphatic rings. The second kappa shape index (κ2) is 7.07. The Balaban J connectivity index is 2.05. The number of amides is 1. The van der Waals surface area contributed by atoms with Crippen LogP contribution in [0.4, 0.5) is 0 Å². The third kappa shape index (κ3) is 4.17. The lowest BCUT2D eigenvalue weighted by Crippen LogP contribution is -2.49. The van der Waals surface area contributed by atoms with Crippen molar-refractivity contribution in [1.29, 1.82) is 0 Å². The summed E-state index contributed by atoms with van der Waals surface area (Å²) in [6, 6.07) is 0.221. The van der Waals surface area contributed by atoms with Gasteiger partial charge in [-0.25, -0.2) is 12.7 Å². The topological polar surface area (TPSA) is 77.9 Å². The lowest BCUT2D eigenvalue weighted by molar-refractivity contribution is -0.139. The van der Waals surface area contributed by atoms with Crippen LogP contribution in [0, 0.1) is 5.92 Å². The van der Waals surface area contributed by atoms with Gasteiger partial charge in [-0.1, -0.05) is 12.8 Å². The first kappa shape index (κ1) is 16.7. The van der Waals surface area contributed by atoms with Gasteiger partial charge >= 0.3 is 0 Å². The van der Waals surface area contributed by atoms with Crippen LogP contribution in [0.15, 0.2) is 0 Å². The van der Waals surface area contributed by atoms with Crippen molar-refractivity contribution in [2.45, 2.75) is 44.6 Å². The predicted molar refractivity (Wildman–Crippen MR) is 80.2 cm³/mol. The van der Waals surface area contributed by atoms with Crippen molar-refractivity contribution in [2.75, 3.05) is 32.5 Å². The molecule has 2 rings (SSSR count). The zero-order valence-corrected chi connectivity index (χ0v) is 13.5. The van der Waals surface area contributed by atoms with Crippen molar-refractivity contribution in [3.63, 3.8) is 0 Å². The summed E-state index contributed by atoms with van der Waals surface area (Å²) in [5.74, 6) is -0.245. The summed E-state index contributed by atoms with van der Waals surface area (Å²) in [7, 11) is -3.24. The Kier molecular flexibility index (Phi) is 5.62. The largest absolute Gasteiger partial charge is 0.395 e. The lowest BCUT2D eigenvalue weighted by Gasteiger charge is -2.36. The molecule has 0 radical (unpaired) electrons. The molecule has 21 heavy (non-hydrogen) atoms. The van der Waals surface area contributed by atoms with E-state index < -0.39 is 10.0 Å². The Morgan fingerprint density at radius 3 is 2.48 bits per heavy atom. The van der Waals surface area contributed by atoms with Gasteiger partial charge in [-0.3, -0.25) is 4.79 Å². The Morgan fingerprint density at radius 2 is 1.90 bits per heavy atom. The summed E-state index contributed by atoms with van der Waals surface area (Å²) < 4.78 is 24.7. The fourth-order valence-corrected chi connectivity index (χ4v) is 4.39. The summed E-state index contributed by atoms with van der Waals surface area (Å²) in [5, 5.41) is 9.23. The van der Waals surface area contributed by atoms with E-state index in [1.165, 1.54) is 10.6 Å². The molecule has 0 bridgehead atoms. The Bertz CT molecular complexity index is 460. The van der Waals surface area contributed by atoms with E-state index in [-0.39, 0.29) is 31.0 Å². The maximum absolute atomic E-state index is 12.7. The molecule has 1 saturated carbocycles. The fourth-order valence-electron chi connectivity index (χ4n) is 3.48. The Hall–Kier alpha value is -0.660. The molecule has 1 unspecified atom stereocenters. The highest BCUT2D eigenvalue weighted by Crippen LogP contribution is 2.27. The van der Waals surface area contributed by atoms with Crippen LogP contribution < -0.4 is 0 Å². The van der Waals surface area contributed by atoms with Crippen molar-refractivity contribution in [3.8, 4) is 0 Å². The first-order valence-corrected chi connectivity index (χ1v) is 9.64. The Morgan fingerprint density at radius 1 is 1.24 bits per heavy atom. The number of hydrogen-bond acceptors (Lipinski definition) is 4. The van der Waals surface area contributed by atoms with Crippen LogP contribution >= 0.6 is 0 Å². The van der Waals surface area contributed by atoms with E-state index in [1.807, 2.05) is 0 Å². The molecule has 1 N–H and O–H groups in total. The Labute approximate surface area is 127 Å². The highest BCUT2D eigenvalue weighted by Gasteiger charge is 2.35. The number of nitrogens with zero attached hydrogens (tertiary/aromatic N) is 2. The van der Waals surface area contributed by atoms with Crippen LogP contribution in [0.3, 0.4) is 0 Å². The molecular formula is C14H26N2O4S. The molecule has 0 spiro atoms. The molecule has 1 aliphatic carbocycles. The first-order valence-electron chi connectivity index (χ1n) is 7.80. The first-order chi connectivity index (χ1) is 9.93. The van der Waals surface area contributed by atoms with Crippen LogP contribution in [0.25, 0.3) is 0 Å². The van der Waals surface area contributed by atoms with Gasteiger partial charge in [-0.05, 0) is 25.7 Å². The molecule has 122 valence electrons. The van der Waals surface area contributed by atoms with Gasteiger partial charge in [-0.15, -0.1) is 0 Å². The molecule has 0 aromatic heterocycles. The third-order valence-electron chi connectivity index (χ3n) is 4.59. The number of carbonyl (C=O) groups is 1. The summed E-state index contributed by atoms with van der Waals surface area (Å²) in [6.07, 6.45) is 6.89. The molecule has 1 amide bonds. The second-order valence-corrected chi connectivity index (χ2v) is 8.14. The van der Waals surface area contributed by atoms with Crippen LogP contribution in [-0.4, -0.2) is 67.2 Å². The van der Waals surface area contributed by atoms with Gasteiger partial charge in [0.05, 0.1) is 18.8 Å². The van der Waals surface area contributed by atoms with Crippen molar-refractivity contribution < 1.29 is 18.3 Å². The number of sulfonamides is 1. The van der Waals surface area contributed by atoms with Gasteiger partial charge in [0.2, 0.25) is 15.9 Å². The molecule has 1 aliphatic heterocycles.